The molecule has 4 rings (SSSR count). The van der Waals surface area contributed by atoms with Crippen molar-refractivity contribution >= 4 is 17.8 Å². The summed E-state index contributed by atoms with van der Waals surface area (Å²) in [5, 5.41) is 0. The quantitative estimate of drug-likeness (QED) is 0.262. The highest BCUT2D eigenvalue weighted by atomic mass is 16.5. The lowest BCUT2D eigenvalue weighted by Gasteiger charge is -2.24. The third-order valence-electron chi connectivity index (χ3n) is 5.86. The number of rotatable bonds is 9. The van der Waals surface area contributed by atoms with E-state index in [-0.39, 0.29) is 22.6 Å². The monoisotopic (exact) mass is 509 g/mol. The molecule has 0 saturated carbocycles. The maximum absolute atomic E-state index is 13.7. The van der Waals surface area contributed by atoms with Gasteiger partial charge in [-0.25, -0.2) is 9.59 Å². The number of hydrogen-bond acceptors (Lipinski definition) is 6. The fraction of sp³-hybridized carbons (Fsp3) is 0.129. The lowest BCUT2D eigenvalue weighted by Crippen LogP contribution is -2.30. The number of amides is 1. The van der Waals surface area contributed by atoms with Crippen LogP contribution in [0.1, 0.15) is 42.2 Å². The van der Waals surface area contributed by atoms with Crippen LogP contribution in [-0.4, -0.2) is 37.0 Å². The Morgan fingerprint density at radius 2 is 1.13 bits per heavy atom. The van der Waals surface area contributed by atoms with Crippen LogP contribution >= 0.6 is 0 Å². The van der Waals surface area contributed by atoms with Gasteiger partial charge in [0.25, 0.3) is 5.91 Å². The Balaban J connectivity index is 1.61. The molecule has 0 N–H and O–H groups in total. The highest BCUT2D eigenvalue weighted by Gasteiger charge is 2.23. The second kappa shape index (κ2) is 12.4. The first-order valence-electron chi connectivity index (χ1n) is 11.9. The molecule has 4 aromatic carbocycles. The smallest absolute Gasteiger partial charge is 0.338 e. The van der Waals surface area contributed by atoms with Gasteiger partial charge in [0.2, 0.25) is 0 Å². The molecule has 0 fully saturated rings. The standard InChI is InChI=1S/C31H27NO6/c1-36-30(34)27-18-15-24(19-28(27)31(35)37-2)29(33)32(20-22-9-5-3-6-10-22)21-23-13-16-26(17-14-23)38-25-11-7-4-8-12-25/h3-19H,20-21H2,1-2H3. The number of nitrogens with zero attached hydrogens (tertiary/aromatic N) is 1. The molecule has 0 aromatic heterocycles. The number of carbonyl (C=O) groups excluding carboxylic acids is 3. The van der Waals surface area contributed by atoms with Crippen LogP contribution in [0.2, 0.25) is 0 Å². The van der Waals surface area contributed by atoms with E-state index in [1.54, 1.807) is 4.90 Å². The highest BCUT2D eigenvalue weighted by Crippen LogP contribution is 2.23. The number of methoxy groups -OCH3 is 2. The number of benzene rings is 4. The van der Waals surface area contributed by atoms with E-state index >= 15 is 0 Å². The van der Waals surface area contributed by atoms with Gasteiger partial charge in [0, 0.05) is 18.7 Å². The van der Waals surface area contributed by atoms with Gasteiger partial charge in [-0.05, 0) is 53.6 Å². The van der Waals surface area contributed by atoms with E-state index in [1.807, 2.05) is 84.9 Å². The van der Waals surface area contributed by atoms with E-state index in [9.17, 15) is 14.4 Å². The molecule has 0 heterocycles. The molecule has 4 aromatic rings. The molecule has 0 aliphatic carbocycles. The zero-order chi connectivity index (χ0) is 26.9. The van der Waals surface area contributed by atoms with Crippen molar-refractivity contribution in [2.24, 2.45) is 0 Å². The Hall–Kier alpha value is -4.91. The topological polar surface area (TPSA) is 82.1 Å². The number of carbonyl (C=O) groups is 3. The SMILES string of the molecule is COC(=O)c1ccc(C(=O)N(Cc2ccccc2)Cc2ccc(Oc3ccccc3)cc2)cc1C(=O)OC. The van der Waals surface area contributed by atoms with Crippen LogP contribution in [0.15, 0.2) is 103 Å². The molecule has 0 atom stereocenters. The van der Waals surface area contributed by atoms with E-state index < -0.39 is 11.9 Å². The van der Waals surface area contributed by atoms with E-state index in [1.165, 1.54) is 32.4 Å². The summed E-state index contributed by atoms with van der Waals surface area (Å²) in [6.07, 6.45) is 0. The van der Waals surface area contributed by atoms with Crippen LogP contribution in [0.5, 0.6) is 11.5 Å². The molecule has 38 heavy (non-hydrogen) atoms. The van der Waals surface area contributed by atoms with Crippen molar-refractivity contribution in [1.82, 2.24) is 4.90 Å². The van der Waals surface area contributed by atoms with Crippen molar-refractivity contribution in [1.29, 1.82) is 0 Å². The Labute approximate surface area is 221 Å². The van der Waals surface area contributed by atoms with Crippen molar-refractivity contribution in [2.45, 2.75) is 13.1 Å². The van der Waals surface area contributed by atoms with Gasteiger partial charge in [-0.2, -0.15) is 0 Å². The third kappa shape index (κ3) is 6.44. The summed E-state index contributed by atoms with van der Waals surface area (Å²) in [6, 6.07) is 30.9. The van der Waals surface area contributed by atoms with Gasteiger partial charge in [0.05, 0.1) is 25.3 Å². The van der Waals surface area contributed by atoms with Crippen molar-refractivity contribution in [3.63, 3.8) is 0 Å². The highest BCUT2D eigenvalue weighted by molar-refractivity contribution is 6.05. The Bertz CT molecular complexity index is 1400. The van der Waals surface area contributed by atoms with Crippen molar-refractivity contribution in [2.75, 3.05) is 14.2 Å². The number of hydrogen-bond donors (Lipinski definition) is 0. The van der Waals surface area contributed by atoms with Crippen molar-refractivity contribution < 1.29 is 28.6 Å². The molecule has 0 bridgehead atoms. The first-order chi connectivity index (χ1) is 18.5. The van der Waals surface area contributed by atoms with Gasteiger partial charge in [-0.3, -0.25) is 4.79 Å². The molecule has 0 aliphatic heterocycles. The zero-order valence-corrected chi connectivity index (χ0v) is 21.1. The average molecular weight is 510 g/mol. The van der Waals surface area contributed by atoms with Gasteiger partial charge in [0.15, 0.2) is 0 Å². The lowest BCUT2D eigenvalue weighted by molar-refractivity contribution is 0.0554. The molecule has 0 unspecified atom stereocenters. The van der Waals surface area contributed by atoms with Gasteiger partial charge in [0.1, 0.15) is 11.5 Å². The van der Waals surface area contributed by atoms with Gasteiger partial charge < -0.3 is 19.1 Å². The minimum atomic E-state index is -0.733. The fourth-order valence-corrected chi connectivity index (χ4v) is 3.94. The Kier molecular flexibility index (Phi) is 8.51. The third-order valence-corrected chi connectivity index (χ3v) is 5.86. The van der Waals surface area contributed by atoms with Gasteiger partial charge in [-0.1, -0.05) is 60.7 Å². The minimum absolute atomic E-state index is 0.0273. The molecule has 7 heteroatoms. The average Bonchev–Trinajstić information content (AvgIpc) is 2.97. The molecule has 0 radical (unpaired) electrons. The van der Waals surface area contributed by atoms with Crippen LogP contribution in [0.3, 0.4) is 0 Å². The maximum Gasteiger partial charge on any atom is 0.338 e. The van der Waals surface area contributed by atoms with Gasteiger partial charge in [-0.15, -0.1) is 0 Å². The van der Waals surface area contributed by atoms with Crippen LogP contribution in [0.4, 0.5) is 0 Å². The first-order valence-corrected chi connectivity index (χ1v) is 11.9. The summed E-state index contributed by atoms with van der Waals surface area (Å²) in [7, 11) is 2.44. The predicted octanol–water partition coefficient (Wildman–Crippen LogP) is 5.89. The number of para-hydroxylation sites is 1. The molecule has 0 aliphatic rings. The largest absolute Gasteiger partial charge is 0.465 e. The van der Waals surface area contributed by atoms with E-state index in [0.717, 1.165) is 16.9 Å². The predicted molar refractivity (Wildman–Crippen MR) is 142 cm³/mol. The summed E-state index contributed by atoms with van der Waals surface area (Å²) in [6.45, 7) is 0.653. The van der Waals surface area contributed by atoms with E-state index in [4.69, 9.17) is 14.2 Å². The lowest BCUT2D eigenvalue weighted by atomic mass is 10.0. The molecule has 192 valence electrons. The molecule has 0 spiro atoms. The summed E-state index contributed by atoms with van der Waals surface area (Å²) >= 11 is 0. The summed E-state index contributed by atoms with van der Waals surface area (Å²) in [5.74, 6) is -0.313. The summed E-state index contributed by atoms with van der Waals surface area (Å²) in [4.78, 5) is 39.9. The van der Waals surface area contributed by atoms with Gasteiger partial charge >= 0.3 is 11.9 Å². The first kappa shape index (κ1) is 26.2. The maximum atomic E-state index is 13.7. The van der Waals surface area contributed by atoms with Crippen LogP contribution in [-0.2, 0) is 22.6 Å². The fourth-order valence-electron chi connectivity index (χ4n) is 3.94. The van der Waals surface area contributed by atoms with Crippen LogP contribution < -0.4 is 4.74 Å². The normalized spacial score (nSPS) is 10.4. The molecule has 7 nitrogen and oxygen atoms in total. The molecule has 1 amide bonds. The number of ether oxygens (including phenoxy) is 3. The van der Waals surface area contributed by atoms with E-state index in [2.05, 4.69) is 0 Å². The Morgan fingerprint density at radius 1 is 0.605 bits per heavy atom. The van der Waals surface area contributed by atoms with Crippen molar-refractivity contribution in [3.8, 4) is 11.5 Å². The second-order valence-electron chi connectivity index (χ2n) is 8.45. The molecule has 0 saturated heterocycles. The van der Waals surface area contributed by atoms with Crippen LogP contribution in [0.25, 0.3) is 0 Å². The summed E-state index contributed by atoms with van der Waals surface area (Å²) < 4.78 is 15.5. The molecular formula is C31H27NO6. The second-order valence-corrected chi connectivity index (χ2v) is 8.45. The zero-order valence-electron chi connectivity index (χ0n) is 21.1. The summed E-state index contributed by atoms with van der Waals surface area (Å²) in [5.41, 5.74) is 2.09. The van der Waals surface area contributed by atoms with Crippen LogP contribution in [0, 0.1) is 0 Å². The Morgan fingerprint density at radius 3 is 1.74 bits per heavy atom. The molecular weight excluding hydrogens is 482 g/mol. The minimum Gasteiger partial charge on any atom is -0.465 e. The number of esters is 2. The van der Waals surface area contributed by atoms with E-state index in [0.29, 0.717) is 18.8 Å². The van der Waals surface area contributed by atoms with Crippen molar-refractivity contribution in [3.05, 3.63) is 131 Å².